The molecule has 0 heterocycles. The van der Waals surface area contributed by atoms with Crippen molar-refractivity contribution < 1.29 is 13.6 Å². The van der Waals surface area contributed by atoms with Crippen LogP contribution in [-0.4, -0.2) is 5.78 Å². The summed E-state index contributed by atoms with van der Waals surface area (Å²) in [7, 11) is 0. The number of hydrogen-bond acceptors (Lipinski definition) is 3. The Labute approximate surface area is 194 Å². The first-order valence-corrected chi connectivity index (χ1v) is 10.9. The third-order valence-corrected chi connectivity index (χ3v) is 5.47. The molecule has 0 spiro atoms. The first kappa shape index (κ1) is 24.4. The number of ketones is 1. The van der Waals surface area contributed by atoms with Crippen molar-refractivity contribution in [1.82, 2.24) is 0 Å². The maximum absolute atomic E-state index is 14.2. The Morgan fingerprint density at radius 2 is 1.36 bits per heavy atom. The summed E-state index contributed by atoms with van der Waals surface area (Å²) in [6, 6.07) is 10.9. The molecule has 0 aliphatic heterocycles. The van der Waals surface area contributed by atoms with E-state index < -0.39 is 11.6 Å². The van der Waals surface area contributed by atoms with E-state index in [9.17, 15) is 13.6 Å². The highest BCUT2D eigenvalue weighted by Gasteiger charge is 2.34. The molecule has 3 nitrogen and oxygen atoms in total. The number of halogens is 2. The quantitative estimate of drug-likeness (QED) is 0.435. The Bertz CT molecular complexity index is 1170. The second kappa shape index (κ2) is 8.97. The fourth-order valence-electron chi connectivity index (χ4n) is 3.54. The summed E-state index contributed by atoms with van der Waals surface area (Å²) < 4.78 is 27.5. The molecule has 0 radical (unpaired) electrons. The van der Waals surface area contributed by atoms with Crippen molar-refractivity contribution in [2.24, 2.45) is 21.1 Å². The lowest BCUT2D eigenvalue weighted by molar-refractivity contribution is -0.114. The highest BCUT2D eigenvalue weighted by Crippen LogP contribution is 2.41. The number of carbonyl (C=O) groups excluding carboxylic acids is 1. The van der Waals surface area contributed by atoms with E-state index in [2.05, 4.69) is 10.2 Å². The molecule has 0 saturated carbocycles. The molecule has 0 amide bonds. The highest BCUT2D eigenvalue weighted by atomic mass is 19.1. The molecule has 0 aromatic heterocycles. The monoisotopic (exact) mass is 448 g/mol. The molecule has 1 aliphatic rings. The van der Waals surface area contributed by atoms with Crippen molar-refractivity contribution in [1.29, 1.82) is 0 Å². The second-order valence-electron chi connectivity index (χ2n) is 10.4. The van der Waals surface area contributed by atoms with Gasteiger partial charge < -0.3 is 0 Å². The predicted molar refractivity (Wildman–Crippen MR) is 129 cm³/mol. The number of nitrogens with zero attached hydrogens (tertiary/aromatic N) is 2. The molecular weight excluding hydrogens is 418 g/mol. The molecule has 172 valence electrons. The van der Waals surface area contributed by atoms with Gasteiger partial charge in [-0.25, -0.2) is 8.78 Å². The van der Waals surface area contributed by atoms with Crippen LogP contribution in [0.1, 0.15) is 52.7 Å². The number of Topliss-reactive ketones (excluding diaryl/α,β-unsaturated/α-hetero) is 1. The topological polar surface area (TPSA) is 41.8 Å². The van der Waals surface area contributed by atoms with Crippen molar-refractivity contribution in [2.75, 3.05) is 0 Å². The van der Waals surface area contributed by atoms with Crippen molar-refractivity contribution in [3.8, 4) is 0 Å². The molecule has 0 fully saturated rings. The van der Waals surface area contributed by atoms with E-state index in [1.807, 2.05) is 84.9 Å². The zero-order valence-electron chi connectivity index (χ0n) is 20.3. The molecular formula is C28H30F2N2O. The maximum Gasteiger partial charge on any atom is 0.186 e. The van der Waals surface area contributed by atoms with Gasteiger partial charge in [-0.1, -0.05) is 71.4 Å². The molecule has 0 saturated heterocycles. The molecule has 2 aromatic rings. The van der Waals surface area contributed by atoms with Crippen LogP contribution >= 0.6 is 0 Å². The second-order valence-corrected chi connectivity index (χ2v) is 10.4. The van der Waals surface area contributed by atoms with E-state index in [-0.39, 0.29) is 22.3 Å². The number of azo groups is 1. The summed E-state index contributed by atoms with van der Waals surface area (Å²) in [6.07, 6.45) is 3.71. The van der Waals surface area contributed by atoms with E-state index in [0.717, 1.165) is 28.8 Å². The number of carbonyl (C=O) groups is 1. The van der Waals surface area contributed by atoms with Gasteiger partial charge in [0.15, 0.2) is 11.6 Å². The van der Waals surface area contributed by atoms with Crippen LogP contribution in [0.5, 0.6) is 0 Å². The minimum absolute atomic E-state index is 0.0172. The molecule has 0 N–H and O–H groups in total. The molecule has 2 aromatic carbocycles. The lowest BCUT2D eigenvalue weighted by atomic mass is 9.71. The SMILES string of the molecule is Cc1ccc(C(N=Nc2ccc(F)cc2F)=C2C=C(C(C)(C)C)C(=O)C(C(C)(C)C)=C2)cc1. The Kier molecular flexibility index (Phi) is 6.64. The largest absolute Gasteiger partial charge is 0.289 e. The molecule has 0 bridgehead atoms. The fourth-order valence-corrected chi connectivity index (χ4v) is 3.54. The van der Waals surface area contributed by atoms with Crippen molar-refractivity contribution in [3.63, 3.8) is 0 Å². The first-order valence-electron chi connectivity index (χ1n) is 10.9. The Morgan fingerprint density at radius 1 is 0.818 bits per heavy atom. The smallest absolute Gasteiger partial charge is 0.186 e. The van der Waals surface area contributed by atoms with E-state index in [1.54, 1.807) is 0 Å². The number of benzene rings is 2. The van der Waals surface area contributed by atoms with Gasteiger partial charge in [-0.05, 0) is 42.0 Å². The molecule has 0 unspecified atom stereocenters. The van der Waals surface area contributed by atoms with Crippen LogP contribution in [0.3, 0.4) is 0 Å². The lowest BCUT2D eigenvalue weighted by Crippen LogP contribution is -2.28. The highest BCUT2D eigenvalue weighted by molar-refractivity contribution is 6.12. The van der Waals surface area contributed by atoms with E-state index in [0.29, 0.717) is 16.8 Å². The van der Waals surface area contributed by atoms with Gasteiger partial charge in [0.2, 0.25) is 0 Å². The van der Waals surface area contributed by atoms with Gasteiger partial charge in [0, 0.05) is 28.3 Å². The summed E-state index contributed by atoms with van der Waals surface area (Å²) in [5, 5.41) is 8.50. The van der Waals surface area contributed by atoms with Gasteiger partial charge in [-0.2, -0.15) is 0 Å². The Morgan fingerprint density at radius 3 is 1.85 bits per heavy atom. The summed E-state index contributed by atoms with van der Waals surface area (Å²) in [6.45, 7) is 14.0. The molecule has 1 aliphatic carbocycles. The zero-order chi connectivity index (χ0) is 24.6. The molecule has 3 rings (SSSR count). The van der Waals surface area contributed by atoms with E-state index >= 15 is 0 Å². The lowest BCUT2D eigenvalue weighted by Gasteiger charge is -2.31. The van der Waals surface area contributed by atoms with Crippen LogP contribution in [0.25, 0.3) is 5.70 Å². The standard InChI is InChI=1S/C28H30F2N2O/c1-17-8-10-18(11-9-17)25(32-31-24-13-12-20(29)16-23(24)30)19-14-21(27(2,3)4)26(33)22(15-19)28(5,6)7/h8-16H,1-7H3. The van der Waals surface area contributed by atoms with E-state index in [4.69, 9.17) is 0 Å². The third-order valence-electron chi connectivity index (χ3n) is 5.47. The van der Waals surface area contributed by atoms with Gasteiger partial charge in [0.25, 0.3) is 0 Å². The van der Waals surface area contributed by atoms with Crippen LogP contribution < -0.4 is 0 Å². The summed E-state index contributed by atoms with van der Waals surface area (Å²) >= 11 is 0. The van der Waals surface area contributed by atoms with Crippen molar-refractivity contribution in [2.45, 2.75) is 48.5 Å². The van der Waals surface area contributed by atoms with Crippen LogP contribution in [0, 0.1) is 29.4 Å². The number of aryl methyl sites for hydroxylation is 1. The fraction of sp³-hybridized carbons (Fsp3) is 0.321. The first-order chi connectivity index (χ1) is 15.3. The Balaban J connectivity index is 2.30. The van der Waals surface area contributed by atoms with Crippen LogP contribution in [0.4, 0.5) is 14.5 Å². The van der Waals surface area contributed by atoms with Gasteiger partial charge in [-0.15, -0.1) is 10.2 Å². The molecule has 5 heteroatoms. The zero-order valence-corrected chi connectivity index (χ0v) is 20.3. The maximum atomic E-state index is 14.2. The van der Waals surface area contributed by atoms with Gasteiger partial charge >= 0.3 is 0 Å². The third kappa shape index (κ3) is 5.59. The average Bonchev–Trinajstić information content (AvgIpc) is 2.69. The van der Waals surface area contributed by atoms with Crippen LogP contribution in [0.15, 0.2) is 81.6 Å². The van der Waals surface area contributed by atoms with Crippen LogP contribution in [0.2, 0.25) is 0 Å². The van der Waals surface area contributed by atoms with Gasteiger partial charge in [0.1, 0.15) is 17.2 Å². The normalized spacial score (nSPS) is 15.1. The summed E-state index contributed by atoms with van der Waals surface area (Å²) in [5.41, 5.74) is 3.63. The number of rotatable bonds is 3. The molecule has 0 atom stereocenters. The summed E-state index contributed by atoms with van der Waals surface area (Å²) in [4.78, 5) is 13.3. The number of allylic oxidation sites excluding steroid dienone is 5. The summed E-state index contributed by atoms with van der Waals surface area (Å²) in [5.74, 6) is -1.45. The van der Waals surface area contributed by atoms with Gasteiger partial charge in [-0.3, -0.25) is 4.79 Å². The van der Waals surface area contributed by atoms with Gasteiger partial charge in [0.05, 0.1) is 0 Å². The number of hydrogen-bond donors (Lipinski definition) is 0. The minimum atomic E-state index is -0.789. The minimum Gasteiger partial charge on any atom is -0.289 e. The van der Waals surface area contributed by atoms with Crippen LogP contribution in [-0.2, 0) is 4.79 Å². The predicted octanol–water partition coefficient (Wildman–Crippen LogP) is 8.30. The molecule has 33 heavy (non-hydrogen) atoms. The Hall–Kier alpha value is -3.21. The van der Waals surface area contributed by atoms with Crippen molar-refractivity contribution >= 4 is 17.2 Å². The average molecular weight is 449 g/mol. The van der Waals surface area contributed by atoms with Crippen molar-refractivity contribution in [3.05, 3.63) is 94.1 Å². The van der Waals surface area contributed by atoms with E-state index in [1.165, 1.54) is 6.07 Å².